The SMILES string of the molecule is C[C@@H](OC(=O)C1C2CC3CC(C2)CC1C3)C(=O)Nc1ccc(F)c(F)c1F. The molecule has 7 heteroatoms. The Morgan fingerprint density at radius 1 is 1.00 bits per heavy atom. The minimum Gasteiger partial charge on any atom is -0.452 e. The molecule has 27 heavy (non-hydrogen) atoms. The summed E-state index contributed by atoms with van der Waals surface area (Å²) in [5.74, 6) is -3.73. The number of carbonyl (C=O) groups excluding carboxylic acids is 2. The first kappa shape index (κ1) is 18.3. The zero-order chi connectivity index (χ0) is 19.3. The normalized spacial score (nSPS) is 32.2. The Bertz CT molecular complexity index is 754. The molecule has 1 N–H and O–H groups in total. The Labute approximate surface area is 155 Å². The van der Waals surface area contributed by atoms with Crippen molar-refractivity contribution in [3.8, 4) is 0 Å². The quantitative estimate of drug-likeness (QED) is 0.632. The first-order valence-electron chi connectivity index (χ1n) is 9.48. The third-order valence-electron chi connectivity index (χ3n) is 6.45. The lowest BCUT2D eigenvalue weighted by molar-refractivity contribution is -0.169. The summed E-state index contributed by atoms with van der Waals surface area (Å²) in [5.41, 5.74) is -0.489. The van der Waals surface area contributed by atoms with Crippen LogP contribution in [0.2, 0.25) is 0 Å². The van der Waals surface area contributed by atoms with Gasteiger partial charge in [-0.3, -0.25) is 9.59 Å². The van der Waals surface area contributed by atoms with Crippen molar-refractivity contribution in [3.63, 3.8) is 0 Å². The maximum Gasteiger partial charge on any atom is 0.310 e. The Morgan fingerprint density at radius 2 is 1.59 bits per heavy atom. The van der Waals surface area contributed by atoms with Crippen molar-refractivity contribution < 1.29 is 27.5 Å². The number of hydrogen-bond acceptors (Lipinski definition) is 3. The van der Waals surface area contributed by atoms with Gasteiger partial charge >= 0.3 is 5.97 Å². The van der Waals surface area contributed by atoms with Crippen LogP contribution in [-0.4, -0.2) is 18.0 Å². The van der Waals surface area contributed by atoms with E-state index in [1.807, 2.05) is 0 Å². The van der Waals surface area contributed by atoms with E-state index in [0.717, 1.165) is 37.8 Å². The molecule has 4 fully saturated rings. The van der Waals surface area contributed by atoms with E-state index in [0.29, 0.717) is 23.7 Å². The van der Waals surface area contributed by atoms with E-state index in [9.17, 15) is 22.8 Å². The predicted molar refractivity (Wildman–Crippen MR) is 91.0 cm³/mol. The van der Waals surface area contributed by atoms with Crippen molar-refractivity contribution >= 4 is 17.6 Å². The standard InChI is InChI=1S/C20H22F3NO3/c1-9(19(25)24-15-3-2-14(21)17(22)18(15)23)27-20(26)16-12-5-10-4-11(7-12)8-13(16)6-10/h2-3,9-13,16H,4-8H2,1H3,(H,24,25)/t9-,10?,11?,12?,13?,16?/m1/s1. The molecule has 1 atom stereocenters. The van der Waals surface area contributed by atoms with Crippen molar-refractivity contribution in [1.29, 1.82) is 0 Å². The highest BCUT2D eigenvalue weighted by Crippen LogP contribution is 2.56. The molecule has 4 aliphatic rings. The second-order valence-corrected chi connectivity index (χ2v) is 8.25. The number of carbonyl (C=O) groups is 2. The average Bonchev–Trinajstić information content (AvgIpc) is 2.61. The molecule has 0 spiro atoms. The molecule has 0 heterocycles. The molecular formula is C20H22F3NO3. The monoisotopic (exact) mass is 381 g/mol. The number of nitrogens with one attached hydrogen (secondary N) is 1. The van der Waals surface area contributed by atoms with Gasteiger partial charge in [0.25, 0.3) is 5.91 Å². The van der Waals surface area contributed by atoms with Crippen molar-refractivity contribution in [2.45, 2.75) is 45.1 Å². The summed E-state index contributed by atoms with van der Waals surface area (Å²) >= 11 is 0. The van der Waals surface area contributed by atoms with Gasteiger partial charge in [0.15, 0.2) is 23.6 Å². The molecule has 4 aliphatic carbocycles. The first-order valence-corrected chi connectivity index (χ1v) is 9.48. The highest BCUT2D eigenvalue weighted by Gasteiger charge is 2.51. The van der Waals surface area contributed by atoms with Crippen molar-refractivity contribution in [2.24, 2.45) is 29.6 Å². The summed E-state index contributed by atoms with van der Waals surface area (Å²) in [6, 6.07) is 1.65. The van der Waals surface area contributed by atoms with Crippen LogP contribution in [0.15, 0.2) is 12.1 Å². The maximum atomic E-state index is 13.7. The molecule has 4 bridgehead atoms. The highest BCUT2D eigenvalue weighted by atomic mass is 19.2. The van der Waals surface area contributed by atoms with Crippen molar-refractivity contribution in [1.82, 2.24) is 0 Å². The summed E-state index contributed by atoms with van der Waals surface area (Å²) < 4.78 is 45.3. The third kappa shape index (κ3) is 3.32. The maximum absolute atomic E-state index is 13.7. The van der Waals surface area contributed by atoms with Gasteiger partial charge in [0.1, 0.15) is 0 Å². The molecular weight excluding hydrogens is 359 g/mol. The number of benzene rings is 1. The molecule has 5 rings (SSSR count). The van der Waals surface area contributed by atoms with Crippen LogP contribution >= 0.6 is 0 Å². The van der Waals surface area contributed by atoms with Gasteiger partial charge in [0.05, 0.1) is 11.6 Å². The molecule has 4 nitrogen and oxygen atoms in total. The molecule has 0 aromatic heterocycles. The number of hydrogen-bond donors (Lipinski definition) is 1. The van der Waals surface area contributed by atoms with Gasteiger partial charge in [-0.05, 0) is 74.8 Å². The summed E-state index contributed by atoms with van der Waals surface area (Å²) in [4.78, 5) is 24.9. The Morgan fingerprint density at radius 3 is 2.19 bits per heavy atom. The molecule has 0 radical (unpaired) electrons. The lowest BCUT2D eigenvalue weighted by atomic mass is 9.52. The summed E-state index contributed by atoms with van der Waals surface area (Å²) in [6.07, 6.45) is 4.32. The Kier molecular flexibility index (Phi) is 4.64. The van der Waals surface area contributed by atoms with Crippen molar-refractivity contribution in [2.75, 3.05) is 5.32 Å². The molecule has 0 unspecified atom stereocenters. The van der Waals surface area contributed by atoms with E-state index in [1.165, 1.54) is 13.3 Å². The smallest absolute Gasteiger partial charge is 0.310 e. The van der Waals surface area contributed by atoms with Gasteiger partial charge in [-0.1, -0.05) is 0 Å². The second kappa shape index (κ2) is 6.84. The van der Waals surface area contributed by atoms with Gasteiger partial charge in [-0.15, -0.1) is 0 Å². The summed E-state index contributed by atoms with van der Waals surface area (Å²) in [6.45, 7) is 1.39. The second-order valence-electron chi connectivity index (χ2n) is 8.25. The predicted octanol–water partition coefficient (Wildman–Crippen LogP) is 4.05. The van der Waals surface area contributed by atoms with Gasteiger partial charge in [-0.2, -0.15) is 0 Å². The highest BCUT2D eigenvalue weighted by molar-refractivity contribution is 5.95. The number of halogens is 3. The van der Waals surface area contributed by atoms with Crippen LogP contribution in [-0.2, 0) is 14.3 Å². The van der Waals surface area contributed by atoms with Crippen LogP contribution in [0, 0.1) is 47.0 Å². The minimum atomic E-state index is -1.66. The lowest BCUT2D eigenvalue weighted by Crippen LogP contribution is -2.49. The third-order valence-corrected chi connectivity index (χ3v) is 6.45. The van der Waals surface area contributed by atoms with Gasteiger partial charge < -0.3 is 10.1 Å². The van der Waals surface area contributed by atoms with E-state index in [1.54, 1.807) is 0 Å². The zero-order valence-electron chi connectivity index (χ0n) is 15.0. The molecule has 0 aliphatic heterocycles. The number of ether oxygens (including phenoxy) is 1. The van der Waals surface area contributed by atoms with Crippen LogP contribution in [0.25, 0.3) is 0 Å². The Balaban J connectivity index is 1.39. The van der Waals surface area contributed by atoms with Gasteiger partial charge in [0, 0.05) is 0 Å². The van der Waals surface area contributed by atoms with E-state index in [2.05, 4.69) is 5.32 Å². The molecule has 1 aromatic carbocycles. The average molecular weight is 381 g/mol. The fourth-order valence-corrected chi connectivity index (χ4v) is 5.47. The topological polar surface area (TPSA) is 55.4 Å². The Hall–Kier alpha value is -2.05. The number of amides is 1. The fraction of sp³-hybridized carbons (Fsp3) is 0.600. The van der Waals surface area contributed by atoms with Crippen LogP contribution in [0.3, 0.4) is 0 Å². The van der Waals surface area contributed by atoms with Crippen LogP contribution < -0.4 is 5.32 Å². The van der Waals surface area contributed by atoms with E-state index in [-0.39, 0.29) is 11.9 Å². The number of esters is 1. The van der Waals surface area contributed by atoms with Crippen LogP contribution in [0.4, 0.5) is 18.9 Å². The molecule has 1 amide bonds. The molecule has 4 saturated carbocycles. The van der Waals surface area contributed by atoms with Gasteiger partial charge in [0.2, 0.25) is 0 Å². The van der Waals surface area contributed by atoms with E-state index >= 15 is 0 Å². The lowest BCUT2D eigenvalue weighted by Gasteiger charge is -2.53. The molecule has 146 valence electrons. The van der Waals surface area contributed by atoms with E-state index < -0.39 is 35.2 Å². The molecule has 1 aromatic rings. The van der Waals surface area contributed by atoms with Crippen LogP contribution in [0.5, 0.6) is 0 Å². The fourth-order valence-electron chi connectivity index (χ4n) is 5.47. The summed E-state index contributed by atoms with van der Waals surface area (Å²) in [7, 11) is 0. The van der Waals surface area contributed by atoms with Crippen molar-refractivity contribution in [3.05, 3.63) is 29.6 Å². The zero-order valence-corrected chi connectivity index (χ0v) is 15.0. The number of anilines is 1. The molecule has 0 saturated heterocycles. The largest absolute Gasteiger partial charge is 0.452 e. The minimum absolute atomic E-state index is 0.173. The number of rotatable bonds is 4. The summed E-state index contributed by atoms with van der Waals surface area (Å²) in [5, 5.41) is 2.15. The van der Waals surface area contributed by atoms with E-state index in [4.69, 9.17) is 4.74 Å². The van der Waals surface area contributed by atoms with Crippen LogP contribution in [0.1, 0.15) is 39.0 Å². The first-order chi connectivity index (χ1) is 12.8. The van der Waals surface area contributed by atoms with Gasteiger partial charge in [-0.25, -0.2) is 13.2 Å².